The van der Waals surface area contributed by atoms with Crippen LogP contribution in [0.4, 0.5) is 0 Å². The highest BCUT2D eigenvalue weighted by Crippen LogP contribution is 2.27. The Morgan fingerprint density at radius 2 is 2.14 bits per heavy atom. The highest BCUT2D eigenvalue weighted by atomic mass is 15.0. The lowest BCUT2D eigenvalue weighted by Gasteiger charge is -2.32. The van der Waals surface area contributed by atoms with Gasteiger partial charge in [0.2, 0.25) is 0 Å². The Hall–Kier alpha value is -1.26. The van der Waals surface area contributed by atoms with Gasteiger partial charge in [-0.2, -0.15) is 0 Å². The summed E-state index contributed by atoms with van der Waals surface area (Å²) >= 11 is 0. The van der Waals surface area contributed by atoms with E-state index in [-0.39, 0.29) is 5.54 Å². The van der Waals surface area contributed by atoms with Crippen LogP contribution >= 0.6 is 0 Å². The van der Waals surface area contributed by atoms with Crippen molar-refractivity contribution in [1.29, 1.82) is 0 Å². The van der Waals surface area contributed by atoms with Crippen LogP contribution in [-0.4, -0.2) is 6.54 Å². The zero-order chi connectivity index (χ0) is 10.0. The van der Waals surface area contributed by atoms with Crippen LogP contribution in [-0.2, 0) is 12.0 Å². The molecule has 1 atom stereocenters. The quantitative estimate of drug-likeness (QED) is 0.610. The summed E-state index contributed by atoms with van der Waals surface area (Å²) in [5.74, 6) is 6.26. The Labute approximate surface area is 85.5 Å². The first-order valence-electron chi connectivity index (χ1n) is 5.03. The second-order valence-corrected chi connectivity index (χ2v) is 3.83. The Balaban J connectivity index is 2.53. The third-order valence-corrected chi connectivity index (χ3v) is 2.80. The van der Waals surface area contributed by atoms with E-state index < -0.39 is 0 Å². The molecule has 0 aliphatic carbocycles. The molecule has 0 fully saturated rings. The molecule has 72 valence electrons. The van der Waals surface area contributed by atoms with Gasteiger partial charge in [0, 0.05) is 6.54 Å². The monoisotopic (exact) mass is 185 g/mol. The lowest BCUT2D eigenvalue weighted by molar-refractivity contribution is 0.445. The van der Waals surface area contributed by atoms with Gasteiger partial charge in [-0.25, -0.2) is 0 Å². The molecular formula is C13H15N. The first kappa shape index (κ1) is 9.30. The molecule has 0 radical (unpaired) electrons. The first-order valence-corrected chi connectivity index (χ1v) is 5.03. The summed E-state index contributed by atoms with van der Waals surface area (Å²) in [6, 6.07) is 8.56. The largest absolute Gasteiger partial charge is 0.297 e. The molecule has 1 aromatic rings. The minimum Gasteiger partial charge on any atom is -0.297 e. The molecule has 0 saturated heterocycles. The average Bonchev–Trinajstić information content (AvgIpc) is 2.19. The van der Waals surface area contributed by atoms with E-state index in [0.717, 1.165) is 13.0 Å². The normalized spacial score (nSPS) is 24.7. The second-order valence-electron chi connectivity index (χ2n) is 3.83. The Bertz CT molecular complexity index is 397. The number of benzene rings is 1. The highest BCUT2D eigenvalue weighted by molar-refractivity contribution is 5.41. The number of rotatable bonds is 0. The van der Waals surface area contributed by atoms with Crippen molar-refractivity contribution in [2.45, 2.75) is 25.8 Å². The fraction of sp³-hybridized carbons (Fsp3) is 0.385. The van der Waals surface area contributed by atoms with E-state index in [9.17, 15) is 0 Å². The van der Waals surface area contributed by atoms with E-state index in [1.807, 2.05) is 6.92 Å². The fourth-order valence-electron chi connectivity index (χ4n) is 2.13. The minimum atomic E-state index is -0.149. The van der Waals surface area contributed by atoms with E-state index >= 15 is 0 Å². The summed E-state index contributed by atoms with van der Waals surface area (Å²) in [4.78, 5) is 0. The second kappa shape index (κ2) is 3.48. The first-order chi connectivity index (χ1) is 6.76. The molecule has 1 heteroatoms. The molecular weight excluding hydrogens is 170 g/mol. The van der Waals surface area contributed by atoms with E-state index in [1.54, 1.807) is 0 Å². The van der Waals surface area contributed by atoms with Crippen LogP contribution in [0.5, 0.6) is 0 Å². The SMILES string of the molecule is CC#C[C@@]1(C)NCCc2ccccc21. The number of nitrogens with one attached hydrogen (secondary N) is 1. The standard InChI is InChI=1S/C13H15N/c1-3-9-13(2)12-7-5-4-6-11(12)8-10-14-13/h4-7,14H,8,10H2,1-2H3/t13-/m1/s1. The Kier molecular flexibility index (Phi) is 2.31. The van der Waals surface area contributed by atoms with E-state index in [1.165, 1.54) is 11.1 Å². The van der Waals surface area contributed by atoms with E-state index in [2.05, 4.69) is 48.3 Å². The lowest BCUT2D eigenvalue weighted by atomic mass is 9.84. The van der Waals surface area contributed by atoms with Gasteiger partial charge in [-0.3, -0.25) is 5.32 Å². The molecule has 1 nitrogen and oxygen atoms in total. The summed E-state index contributed by atoms with van der Waals surface area (Å²) in [6.07, 6.45) is 1.11. The molecule has 0 spiro atoms. The van der Waals surface area contributed by atoms with Crippen molar-refractivity contribution >= 4 is 0 Å². The van der Waals surface area contributed by atoms with Gasteiger partial charge in [-0.05, 0) is 31.4 Å². The summed E-state index contributed by atoms with van der Waals surface area (Å²) in [6.45, 7) is 5.06. The summed E-state index contributed by atoms with van der Waals surface area (Å²) in [5.41, 5.74) is 2.61. The van der Waals surface area contributed by atoms with Gasteiger partial charge < -0.3 is 0 Å². The fourth-order valence-corrected chi connectivity index (χ4v) is 2.13. The van der Waals surface area contributed by atoms with Gasteiger partial charge >= 0.3 is 0 Å². The van der Waals surface area contributed by atoms with Gasteiger partial charge in [0.05, 0.1) is 0 Å². The maximum Gasteiger partial charge on any atom is 0.103 e. The molecule has 0 amide bonds. The maximum atomic E-state index is 3.48. The molecule has 0 saturated carbocycles. The van der Waals surface area contributed by atoms with Crippen LogP contribution in [0.15, 0.2) is 24.3 Å². The Morgan fingerprint density at radius 1 is 1.36 bits per heavy atom. The molecule has 0 aromatic heterocycles. The summed E-state index contributed by atoms with van der Waals surface area (Å²) < 4.78 is 0. The molecule has 0 unspecified atom stereocenters. The van der Waals surface area contributed by atoms with Gasteiger partial charge in [-0.15, -0.1) is 5.92 Å². The van der Waals surface area contributed by atoms with Crippen molar-refractivity contribution in [1.82, 2.24) is 5.32 Å². The minimum absolute atomic E-state index is 0.149. The van der Waals surface area contributed by atoms with Gasteiger partial charge in [0.25, 0.3) is 0 Å². The zero-order valence-corrected chi connectivity index (χ0v) is 8.72. The van der Waals surface area contributed by atoms with E-state index in [0.29, 0.717) is 0 Å². The topological polar surface area (TPSA) is 12.0 Å². The third-order valence-electron chi connectivity index (χ3n) is 2.80. The van der Waals surface area contributed by atoms with Crippen LogP contribution in [0.2, 0.25) is 0 Å². The van der Waals surface area contributed by atoms with Crippen LogP contribution in [0.1, 0.15) is 25.0 Å². The van der Waals surface area contributed by atoms with Crippen molar-refractivity contribution in [3.63, 3.8) is 0 Å². The molecule has 1 N–H and O–H groups in total. The summed E-state index contributed by atoms with van der Waals surface area (Å²) in [7, 11) is 0. The number of fused-ring (bicyclic) bond motifs is 1. The molecule has 0 bridgehead atoms. The number of hydrogen-bond acceptors (Lipinski definition) is 1. The van der Waals surface area contributed by atoms with Crippen molar-refractivity contribution in [2.75, 3.05) is 6.54 Å². The van der Waals surface area contributed by atoms with Gasteiger partial charge in [0.1, 0.15) is 5.54 Å². The predicted octanol–water partition coefficient (Wildman–Crippen LogP) is 2.07. The third kappa shape index (κ3) is 1.42. The molecule has 1 aliphatic heterocycles. The average molecular weight is 185 g/mol. The van der Waals surface area contributed by atoms with Crippen molar-refractivity contribution in [2.24, 2.45) is 0 Å². The molecule has 1 heterocycles. The van der Waals surface area contributed by atoms with Crippen LogP contribution in [0, 0.1) is 11.8 Å². The van der Waals surface area contributed by atoms with Crippen molar-refractivity contribution in [3.05, 3.63) is 35.4 Å². The zero-order valence-electron chi connectivity index (χ0n) is 8.72. The van der Waals surface area contributed by atoms with Gasteiger partial charge in [-0.1, -0.05) is 30.2 Å². The molecule has 1 aliphatic rings. The van der Waals surface area contributed by atoms with Gasteiger partial charge in [0.15, 0.2) is 0 Å². The van der Waals surface area contributed by atoms with Crippen LogP contribution in [0.3, 0.4) is 0 Å². The number of hydrogen-bond donors (Lipinski definition) is 1. The predicted molar refractivity (Wildman–Crippen MR) is 59.0 cm³/mol. The van der Waals surface area contributed by atoms with Crippen molar-refractivity contribution < 1.29 is 0 Å². The van der Waals surface area contributed by atoms with Crippen LogP contribution in [0.25, 0.3) is 0 Å². The van der Waals surface area contributed by atoms with E-state index in [4.69, 9.17) is 0 Å². The van der Waals surface area contributed by atoms with Crippen molar-refractivity contribution in [3.8, 4) is 11.8 Å². The Morgan fingerprint density at radius 3 is 2.93 bits per heavy atom. The lowest BCUT2D eigenvalue weighted by Crippen LogP contribution is -2.43. The molecule has 14 heavy (non-hydrogen) atoms. The molecule has 2 rings (SSSR count). The highest BCUT2D eigenvalue weighted by Gasteiger charge is 2.28. The maximum absolute atomic E-state index is 3.48. The summed E-state index contributed by atoms with van der Waals surface area (Å²) in [5, 5.41) is 3.48. The van der Waals surface area contributed by atoms with Crippen LogP contribution < -0.4 is 5.32 Å². The molecule has 1 aromatic carbocycles. The smallest absolute Gasteiger partial charge is 0.103 e.